The molecule has 1 aliphatic rings. The molecule has 2 heterocycles. The third-order valence-electron chi connectivity index (χ3n) is 4.95. The minimum atomic E-state index is -0.736. The molecule has 0 saturated carbocycles. The molecule has 4 rings (SSSR count). The summed E-state index contributed by atoms with van der Waals surface area (Å²) >= 11 is 0. The number of ether oxygens (including phenoxy) is 1. The van der Waals surface area contributed by atoms with Crippen LogP contribution in [0.3, 0.4) is 0 Å². The molecular formula is C21H19N3O4. The van der Waals surface area contributed by atoms with Crippen molar-refractivity contribution in [1.29, 1.82) is 0 Å². The van der Waals surface area contributed by atoms with Gasteiger partial charge in [-0.1, -0.05) is 36.4 Å². The van der Waals surface area contributed by atoms with Gasteiger partial charge in [-0.3, -0.25) is 9.59 Å². The highest BCUT2D eigenvalue weighted by atomic mass is 16.5. The number of hydrogen-bond acceptors (Lipinski definition) is 5. The first-order valence-corrected chi connectivity index (χ1v) is 9.00. The SMILES string of the molecule is C[C@H]1Cc2ccccc2N1C(=O)COC(=O)c1nn(C)c(=O)c2ccccc12. The molecule has 7 heteroatoms. The third-order valence-corrected chi connectivity index (χ3v) is 4.95. The standard InChI is InChI=1S/C21H19N3O4/c1-13-11-14-7-3-6-10-17(14)24(13)18(25)12-28-21(27)19-15-8-4-5-9-16(15)20(26)23(2)22-19/h3-10,13H,11-12H2,1-2H3/t13-/m0/s1. The Kier molecular flexibility index (Phi) is 4.43. The van der Waals surface area contributed by atoms with Gasteiger partial charge < -0.3 is 9.64 Å². The van der Waals surface area contributed by atoms with E-state index in [2.05, 4.69) is 5.10 Å². The average molecular weight is 377 g/mol. The Morgan fingerprint density at radius 3 is 2.57 bits per heavy atom. The van der Waals surface area contributed by atoms with Crippen LogP contribution in [0.25, 0.3) is 10.8 Å². The number of hydrogen-bond donors (Lipinski definition) is 0. The van der Waals surface area contributed by atoms with Crippen LogP contribution in [0.15, 0.2) is 53.3 Å². The summed E-state index contributed by atoms with van der Waals surface area (Å²) in [7, 11) is 1.47. The quantitative estimate of drug-likeness (QED) is 0.653. The van der Waals surface area contributed by atoms with E-state index in [9.17, 15) is 14.4 Å². The lowest BCUT2D eigenvalue weighted by atomic mass is 10.1. The van der Waals surface area contributed by atoms with Gasteiger partial charge in [-0.2, -0.15) is 5.10 Å². The summed E-state index contributed by atoms with van der Waals surface area (Å²) in [6.45, 7) is 1.57. The fourth-order valence-electron chi connectivity index (χ4n) is 3.66. The highest BCUT2D eigenvalue weighted by Gasteiger charge is 2.31. The maximum Gasteiger partial charge on any atom is 0.359 e. The van der Waals surface area contributed by atoms with Gasteiger partial charge in [0, 0.05) is 24.2 Å². The van der Waals surface area contributed by atoms with E-state index in [1.165, 1.54) is 7.05 Å². The van der Waals surface area contributed by atoms with Crippen LogP contribution in [0.4, 0.5) is 5.69 Å². The number of amides is 1. The van der Waals surface area contributed by atoms with Crippen LogP contribution in [0.2, 0.25) is 0 Å². The molecule has 0 saturated heterocycles. The number of carbonyl (C=O) groups is 2. The number of para-hydroxylation sites is 1. The van der Waals surface area contributed by atoms with Crippen LogP contribution >= 0.6 is 0 Å². The third kappa shape index (κ3) is 2.94. The molecule has 1 aliphatic heterocycles. The molecule has 0 bridgehead atoms. The number of nitrogens with zero attached hydrogens (tertiary/aromatic N) is 3. The number of benzene rings is 2. The molecule has 0 N–H and O–H groups in total. The topological polar surface area (TPSA) is 81.5 Å². The minimum Gasteiger partial charge on any atom is -0.451 e. The van der Waals surface area contributed by atoms with Gasteiger partial charge >= 0.3 is 5.97 Å². The van der Waals surface area contributed by atoms with Gasteiger partial charge in [0.05, 0.1) is 5.39 Å². The number of carbonyl (C=O) groups excluding carboxylic acids is 2. The lowest BCUT2D eigenvalue weighted by Gasteiger charge is -2.22. The molecule has 0 aliphatic carbocycles. The van der Waals surface area contributed by atoms with Crippen molar-refractivity contribution in [2.75, 3.05) is 11.5 Å². The summed E-state index contributed by atoms with van der Waals surface area (Å²) in [4.78, 5) is 39.2. The van der Waals surface area contributed by atoms with Gasteiger partial charge in [0.25, 0.3) is 11.5 Å². The molecule has 3 aromatic rings. The van der Waals surface area contributed by atoms with Crippen molar-refractivity contribution >= 4 is 28.3 Å². The second-order valence-electron chi connectivity index (χ2n) is 6.84. The smallest absolute Gasteiger partial charge is 0.359 e. The molecule has 1 aromatic heterocycles. The Balaban J connectivity index is 1.56. The van der Waals surface area contributed by atoms with Crippen molar-refractivity contribution in [2.24, 2.45) is 7.05 Å². The zero-order valence-corrected chi connectivity index (χ0v) is 15.6. The first-order valence-electron chi connectivity index (χ1n) is 9.00. The predicted octanol–water partition coefficient (Wildman–Crippen LogP) is 2.07. The summed E-state index contributed by atoms with van der Waals surface area (Å²) in [5.74, 6) is -1.03. The summed E-state index contributed by atoms with van der Waals surface area (Å²) in [5, 5.41) is 4.81. The molecule has 1 atom stereocenters. The van der Waals surface area contributed by atoms with Crippen molar-refractivity contribution in [3.8, 4) is 0 Å². The van der Waals surface area contributed by atoms with Crippen LogP contribution in [0.5, 0.6) is 0 Å². The van der Waals surface area contributed by atoms with Crippen LogP contribution in [-0.4, -0.2) is 34.3 Å². The number of rotatable bonds is 3. The lowest BCUT2D eigenvalue weighted by Crippen LogP contribution is -2.38. The van der Waals surface area contributed by atoms with Crippen molar-refractivity contribution in [2.45, 2.75) is 19.4 Å². The zero-order valence-electron chi connectivity index (χ0n) is 15.6. The first-order chi connectivity index (χ1) is 13.5. The number of anilines is 1. The fourth-order valence-corrected chi connectivity index (χ4v) is 3.66. The molecule has 7 nitrogen and oxygen atoms in total. The van der Waals surface area contributed by atoms with Crippen LogP contribution < -0.4 is 10.5 Å². The monoisotopic (exact) mass is 377 g/mol. The van der Waals surface area contributed by atoms with E-state index < -0.39 is 12.6 Å². The zero-order chi connectivity index (χ0) is 19.8. The van der Waals surface area contributed by atoms with E-state index in [-0.39, 0.29) is 23.2 Å². The van der Waals surface area contributed by atoms with E-state index in [0.717, 1.165) is 22.4 Å². The summed E-state index contributed by atoms with van der Waals surface area (Å²) in [6.07, 6.45) is 0.767. The largest absolute Gasteiger partial charge is 0.451 e. The van der Waals surface area contributed by atoms with E-state index in [1.807, 2.05) is 31.2 Å². The average Bonchev–Trinajstić information content (AvgIpc) is 3.04. The lowest BCUT2D eigenvalue weighted by molar-refractivity contribution is -0.122. The van der Waals surface area contributed by atoms with Gasteiger partial charge in [0.1, 0.15) is 0 Å². The Morgan fingerprint density at radius 1 is 1.11 bits per heavy atom. The van der Waals surface area contributed by atoms with Crippen molar-refractivity contribution in [3.05, 3.63) is 70.1 Å². The molecule has 0 spiro atoms. The summed E-state index contributed by atoms with van der Waals surface area (Å²) in [5.41, 5.74) is 1.66. The highest BCUT2D eigenvalue weighted by Crippen LogP contribution is 2.31. The van der Waals surface area contributed by atoms with Gasteiger partial charge in [-0.05, 0) is 31.0 Å². The van der Waals surface area contributed by atoms with Gasteiger partial charge in [0.2, 0.25) is 0 Å². The van der Waals surface area contributed by atoms with Gasteiger partial charge in [-0.15, -0.1) is 0 Å². The molecule has 28 heavy (non-hydrogen) atoms. The van der Waals surface area contributed by atoms with Crippen LogP contribution in [-0.2, 0) is 23.0 Å². The number of aryl methyl sites for hydroxylation is 1. The molecule has 0 fully saturated rings. The number of aromatic nitrogens is 2. The predicted molar refractivity (Wildman–Crippen MR) is 104 cm³/mol. The Labute approximate surface area is 161 Å². The number of esters is 1. The van der Waals surface area contributed by atoms with Crippen LogP contribution in [0, 0.1) is 0 Å². The molecule has 2 aromatic carbocycles. The highest BCUT2D eigenvalue weighted by molar-refractivity contribution is 6.04. The second kappa shape index (κ2) is 6.92. The Hall–Kier alpha value is -3.48. The Bertz CT molecular complexity index is 1150. The van der Waals surface area contributed by atoms with Crippen molar-refractivity contribution in [1.82, 2.24) is 9.78 Å². The van der Waals surface area contributed by atoms with E-state index in [0.29, 0.717) is 10.8 Å². The normalized spacial score (nSPS) is 15.5. The van der Waals surface area contributed by atoms with Gasteiger partial charge in [-0.25, -0.2) is 9.48 Å². The summed E-state index contributed by atoms with van der Waals surface area (Å²) in [6, 6.07) is 14.4. The van der Waals surface area contributed by atoms with E-state index >= 15 is 0 Å². The molecular weight excluding hydrogens is 358 g/mol. The van der Waals surface area contributed by atoms with Crippen molar-refractivity contribution in [3.63, 3.8) is 0 Å². The van der Waals surface area contributed by atoms with E-state index in [4.69, 9.17) is 4.74 Å². The van der Waals surface area contributed by atoms with Crippen LogP contribution in [0.1, 0.15) is 23.0 Å². The van der Waals surface area contributed by atoms with E-state index in [1.54, 1.807) is 29.2 Å². The molecule has 0 radical (unpaired) electrons. The maximum absolute atomic E-state index is 12.7. The second-order valence-corrected chi connectivity index (χ2v) is 6.84. The number of fused-ring (bicyclic) bond motifs is 2. The summed E-state index contributed by atoms with van der Waals surface area (Å²) < 4.78 is 6.36. The minimum absolute atomic E-state index is 0.0000963. The maximum atomic E-state index is 12.7. The van der Waals surface area contributed by atoms with Gasteiger partial charge in [0.15, 0.2) is 12.3 Å². The van der Waals surface area contributed by atoms with Crippen molar-refractivity contribution < 1.29 is 14.3 Å². The Morgan fingerprint density at radius 2 is 1.79 bits per heavy atom. The molecule has 0 unspecified atom stereocenters. The molecule has 1 amide bonds. The first kappa shape index (κ1) is 17.9. The fraction of sp³-hybridized carbons (Fsp3) is 0.238. The molecule has 142 valence electrons.